The number of benzene rings is 1. The van der Waals surface area contributed by atoms with Crippen LogP contribution in [0.3, 0.4) is 0 Å². The van der Waals surface area contributed by atoms with Gasteiger partial charge in [-0.2, -0.15) is 0 Å². The average Bonchev–Trinajstić information content (AvgIpc) is 2.23. The van der Waals surface area contributed by atoms with Gasteiger partial charge in [0.25, 0.3) is 0 Å². The van der Waals surface area contributed by atoms with Gasteiger partial charge in [0, 0.05) is 17.1 Å². The van der Waals surface area contributed by atoms with Crippen LogP contribution < -0.4 is 5.73 Å². The van der Waals surface area contributed by atoms with E-state index in [4.69, 9.17) is 17.3 Å². The zero-order chi connectivity index (χ0) is 12.3. The number of aliphatic hydroxyl groups is 2. The van der Waals surface area contributed by atoms with Gasteiger partial charge < -0.3 is 15.9 Å². The summed E-state index contributed by atoms with van der Waals surface area (Å²) in [5, 5.41) is 19.3. The maximum Gasteiger partial charge on any atom is 0.131 e. The van der Waals surface area contributed by atoms with Crippen LogP contribution in [0.15, 0.2) is 12.1 Å². The first kappa shape index (κ1) is 13.2. The van der Waals surface area contributed by atoms with Gasteiger partial charge in [-0.1, -0.05) is 0 Å². The third kappa shape index (κ3) is 2.84. The van der Waals surface area contributed by atoms with Crippen molar-refractivity contribution >= 4 is 17.3 Å². The molecule has 0 radical (unpaired) electrons. The van der Waals surface area contributed by atoms with Crippen LogP contribution in [0.25, 0.3) is 0 Å². The summed E-state index contributed by atoms with van der Waals surface area (Å²) in [6, 6.07) is 2.58. The van der Waals surface area contributed by atoms with Gasteiger partial charge in [0.2, 0.25) is 0 Å². The molecule has 16 heavy (non-hydrogen) atoms. The summed E-state index contributed by atoms with van der Waals surface area (Å²) in [5.41, 5.74) is 6.55. The van der Waals surface area contributed by atoms with E-state index in [1.807, 2.05) is 0 Å². The number of rotatable bonds is 4. The van der Waals surface area contributed by atoms with Gasteiger partial charge >= 0.3 is 0 Å². The van der Waals surface area contributed by atoms with Gasteiger partial charge in [0.1, 0.15) is 11.9 Å². The lowest BCUT2D eigenvalue weighted by Crippen LogP contribution is -2.20. The van der Waals surface area contributed by atoms with Gasteiger partial charge in [-0.25, -0.2) is 4.39 Å². The molecule has 0 saturated heterocycles. The predicted molar refractivity (Wildman–Crippen MR) is 61.9 cm³/mol. The zero-order valence-corrected chi connectivity index (χ0v) is 9.71. The van der Waals surface area contributed by atoms with E-state index in [0.29, 0.717) is 11.3 Å². The lowest BCUT2D eigenvalue weighted by molar-refractivity contribution is 0.0149. The van der Waals surface area contributed by atoms with Crippen LogP contribution in [0.5, 0.6) is 0 Å². The number of halogens is 2. The third-order valence-corrected chi connectivity index (χ3v) is 2.69. The number of nitrogen functional groups attached to an aromatic ring is 1. The van der Waals surface area contributed by atoms with Crippen molar-refractivity contribution in [2.24, 2.45) is 0 Å². The van der Waals surface area contributed by atoms with Crippen LogP contribution >= 0.6 is 11.6 Å². The Labute approximate surface area is 98.7 Å². The highest BCUT2D eigenvalue weighted by atomic mass is 35.5. The summed E-state index contributed by atoms with van der Waals surface area (Å²) in [4.78, 5) is 0. The Morgan fingerprint density at radius 1 is 1.44 bits per heavy atom. The van der Waals surface area contributed by atoms with Crippen molar-refractivity contribution in [1.82, 2.24) is 0 Å². The Bertz CT molecular complexity index is 373. The van der Waals surface area contributed by atoms with Gasteiger partial charge in [0.15, 0.2) is 0 Å². The number of hydrogen-bond acceptors (Lipinski definition) is 3. The van der Waals surface area contributed by atoms with Gasteiger partial charge in [0.05, 0.1) is 6.10 Å². The van der Waals surface area contributed by atoms with Crippen LogP contribution in [-0.2, 0) is 0 Å². The van der Waals surface area contributed by atoms with Gasteiger partial charge in [-0.15, -0.1) is 11.6 Å². The molecule has 2 atom stereocenters. The normalized spacial score (nSPS) is 14.8. The van der Waals surface area contributed by atoms with E-state index >= 15 is 0 Å². The molecule has 0 aromatic heterocycles. The number of nitrogens with two attached hydrogens (primary N) is 1. The van der Waals surface area contributed by atoms with Crippen molar-refractivity contribution in [2.45, 2.75) is 25.6 Å². The molecule has 0 amide bonds. The molecule has 0 aliphatic heterocycles. The molecule has 2 unspecified atom stereocenters. The van der Waals surface area contributed by atoms with Crippen molar-refractivity contribution in [2.75, 3.05) is 11.6 Å². The lowest BCUT2D eigenvalue weighted by Gasteiger charge is -2.18. The molecule has 0 aliphatic rings. The molecule has 4 N–H and O–H groups in total. The Morgan fingerprint density at radius 3 is 2.62 bits per heavy atom. The number of aliphatic hydroxyl groups excluding tert-OH is 2. The Morgan fingerprint density at radius 2 is 2.06 bits per heavy atom. The van der Waals surface area contributed by atoms with E-state index < -0.39 is 18.0 Å². The van der Waals surface area contributed by atoms with Crippen LogP contribution in [0.4, 0.5) is 10.1 Å². The quantitative estimate of drug-likeness (QED) is 0.561. The first-order valence-electron chi connectivity index (χ1n) is 4.95. The molecule has 3 nitrogen and oxygen atoms in total. The van der Waals surface area contributed by atoms with Crippen LogP contribution in [-0.4, -0.2) is 22.2 Å². The molecule has 1 aromatic carbocycles. The van der Waals surface area contributed by atoms with Crippen molar-refractivity contribution in [3.63, 3.8) is 0 Å². The van der Waals surface area contributed by atoms with E-state index in [9.17, 15) is 14.6 Å². The Hall–Kier alpha value is -0.840. The molecular weight excluding hydrogens is 233 g/mol. The van der Waals surface area contributed by atoms with E-state index in [2.05, 4.69) is 0 Å². The second-order valence-corrected chi connectivity index (χ2v) is 4.10. The summed E-state index contributed by atoms with van der Waals surface area (Å²) in [7, 11) is 0. The number of aryl methyl sites for hydroxylation is 1. The molecule has 0 saturated carbocycles. The fourth-order valence-electron chi connectivity index (χ4n) is 1.42. The van der Waals surface area contributed by atoms with Crippen LogP contribution in [0.1, 0.15) is 23.7 Å². The maximum atomic E-state index is 13.5. The molecule has 0 fully saturated rings. The van der Waals surface area contributed by atoms with E-state index in [-0.39, 0.29) is 17.9 Å². The fourth-order valence-corrected chi connectivity index (χ4v) is 1.65. The first-order chi connectivity index (χ1) is 7.47. The molecule has 5 heteroatoms. The fraction of sp³-hybridized carbons (Fsp3) is 0.455. The highest BCUT2D eigenvalue weighted by molar-refractivity contribution is 6.17. The Balaban J connectivity index is 2.99. The van der Waals surface area contributed by atoms with E-state index in [1.165, 1.54) is 6.07 Å². The lowest BCUT2D eigenvalue weighted by atomic mass is 9.99. The molecule has 1 aromatic rings. The minimum Gasteiger partial charge on any atom is -0.398 e. The van der Waals surface area contributed by atoms with E-state index in [1.54, 1.807) is 6.92 Å². The minimum absolute atomic E-state index is 0.0457. The molecule has 0 aliphatic carbocycles. The molecule has 1 rings (SSSR count). The zero-order valence-electron chi connectivity index (χ0n) is 8.95. The van der Waals surface area contributed by atoms with Crippen LogP contribution in [0.2, 0.25) is 0 Å². The second-order valence-electron chi connectivity index (χ2n) is 3.72. The predicted octanol–water partition coefficient (Wildman–Crippen LogP) is 1.74. The van der Waals surface area contributed by atoms with E-state index in [0.717, 1.165) is 6.07 Å². The standard InChI is InChI=1S/C11H15ClFNO2/c1-6-4-7(8(13)5-9(6)14)11(16)10(15)2-3-12/h4-5,10-11,15-16H,2-3,14H2,1H3. The monoisotopic (exact) mass is 247 g/mol. The SMILES string of the molecule is Cc1cc(C(O)C(O)CCCl)c(F)cc1N. The smallest absolute Gasteiger partial charge is 0.131 e. The van der Waals surface area contributed by atoms with Crippen LogP contribution in [0, 0.1) is 12.7 Å². The Kier molecular flexibility index (Phi) is 4.53. The summed E-state index contributed by atoms with van der Waals surface area (Å²) in [6.45, 7) is 1.71. The second kappa shape index (κ2) is 5.48. The molecular formula is C11H15ClFNO2. The minimum atomic E-state index is -1.28. The number of alkyl halides is 1. The highest BCUT2D eigenvalue weighted by Crippen LogP contribution is 2.26. The topological polar surface area (TPSA) is 66.5 Å². The summed E-state index contributed by atoms with van der Waals surface area (Å²) >= 11 is 5.44. The van der Waals surface area contributed by atoms with Crippen molar-refractivity contribution in [3.05, 3.63) is 29.1 Å². The third-order valence-electron chi connectivity index (χ3n) is 2.47. The summed E-state index contributed by atoms with van der Waals surface area (Å²) in [6.07, 6.45) is -2.15. The highest BCUT2D eigenvalue weighted by Gasteiger charge is 2.21. The first-order valence-corrected chi connectivity index (χ1v) is 5.48. The molecule has 0 heterocycles. The maximum absolute atomic E-state index is 13.5. The molecule has 0 spiro atoms. The summed E-state index contributed by atoms with van der Waals surface area (Å²) < 4.78 is 13.5. The molecule has 90 valence electrons. The van der Waals surface area contributed by atoms with Crippen molar-refractivity contribution in [1.29, 1.82) is 0 Å². The average molecular weight is 248 g/mol. The van der Waals surface area contributed by atoms with Gasteiger partial charge in [-0.05, 0) is 31.0 Å². The summed E-state index contributed by atoms with van der Waals surface area (Å²) in [5.74, 6) is -0.419. The number of hydrogen-bond donors (Lipinski definition) is 3. The number of anilines is 1. The van der Waals surface area contributed by atoms with Crippen molar-refractivity contribution in [3.8, 4) is 0 Å². The largest absolute Gasteiger partial charge is 0.398 e. The van der Waals surface area contributed by atoms with Crippen molar-refractivity contribution < 1.29 is 14.6 Å². The molecule has 0 bridgehead atoms. The van der Waals surface area contributed by atoms with Gasteiger partial charge in [-0.3, -0.25) is 0 Å².